The Morgan fingerprint density at radius 1 is 1.06 bits per heavy atom. The van der Waals surface area contributed by atoms with Crippen LogP contribution in [0.4, 0.5) is 0 Å². The lowest BCUT2D eigenvalue weighted by atomic mass is 10.4. The molecule has 0 fully saturated rings. The summed E-state index contributed by atoms with van der Waals surface area (Å²) < 4.78 is 6.38. The molecule has 102 valence electrons. The number of halogens is 1. The maximum absolute atomic E-state index is 6.38. The minimum atomic E-state index is -1.81. The molecular weight excluding hydrogens is 260 g/mol. The summed E-state index contributed by atoms with van der Waals surface area (Å²) >= 11 is 6.15. The van der Waals surface area contributed by atoms with Crippen LogP contribution in [0.1, 0.15) is 40.0 Å². The number of rotatable bonds is 8. The van der Waals surface area contributed by atoms with Gasteiger partial charge in [-0.05, 0) is 35.8 Å². The molecule has 18 heavy (non-hydrogen) atoms. The smallest absolute Gasteiger partial charge is 0.224 e. The van der Waals surface area contributed by atoms with Gasteiger partial charge in [-0.3, -0.25) is 0 Å². The fraction of sp³-hybridized carbons (Fsp3) is 0.600. The van der Waals surface area contributed by atoms with Crippen LogP contribution in [0, 0.1) is 0 Å². The van der Waals surface area contributed by atoms with Gasteiger partial charge >= 0.3 is 0 Å². The van der Waals surface area contributed by atoms with Gasteiger partial charge in [0.05, 0.1) is 0 Å². The second kappa shape index (κ2) is 7.98. The van der Waals surface area contributed by atoms with E-state index in [2.05, 4.69) is 39.0 Å². The quantitative estimate of drug-likeness (QED) is 0.627. The van der Waals surface area contributed by atoms with Crippen LogP contribution in [0.3, 0.4) is 0 Å². The molecule has 0 bridgehead atoms. The van der Waals surface area contributed by atoms with Crippen molar-refractivity contribution >= 4 is 25.1 Å². The first-order valence-corrected chi connectivity index (χ1v) is 9.78. The summed E-state index contributed by atoms with van der Waals surface area (Å²) in [5.41, 5.74) is 0. The highest BCUT2D eigenvalue weighted by Crippen LogP contribution is 2.23. The third-order valence-electron chi connectivity index (χ3n) is 3.24. The van der Waals surface area contributed by atoms with Crippen LogP contribution in [0.5, 0.6) is 0 Å². The minimum absolute atomic E-state index is 0.830. The highest BCUT2D eigenvalue weighted by atomic mass is 35.5. The summed E-state index contributed by atoms with van der Waals surface area (Å²) in [4.78, 5) is 0. The van der Waals surface area contributed by atoms with E-state index in [-0.39, 0.29) is 0 Å². The average molecular weight is 285 g/mol. The van der Waals surface area contributed by atoms with Crippen molar-refractivity contribution in [2.75, 3.05) is 6.61 Å². The van der Waals surface area contributed by atoms with Crippen molar-refractivity contribution in [3.63, 3.8) is 0 Å². The molecule has 0 aliphatic carbocycles. The molecule has 1 rings (SSSR count). The Kier molecular flexibility index (Phi) is 6.98. The van der Waals surface area contributed by atoms with Crippen LogP contribution in [-0.4, -0.2) is 14.9 Å². The first kappa shape index (κ1) is 15.7. The van der Waals surface area contributed by atoms with Crippen molar-refractivity contribution in [3.05, 3.63) is 29.3 Å². The predicted molar refractivity (Wildman–Crippen MR) is 83.3 cm³/mol. The lowest BCUT2D eigenvalue weighted by Crippen LogP contribution is -2.50. The third kappa shape index (κ3) is 4.11. The Balaban J connectivity index is 3.05. The second-order valence-corrected chi connectivity index (χ2v) is 9.14. The van der Waals surface area contributed by atoms with Crippen LogP contribution in [0.25, 0.3) is 0 Å². The molecule has 0 atom stereocenters. The van der Waals surface area contributed by atoms with Crippen LogP contribution < -0.4 is 5.19 Å². The SMILES string of the molecule is CCCO[Si](CCC)(CCC)c1cccc(Cl)c1. The summed E-state index contributed by atoms with van der Waals surface area (Å²) in [6, 6.07) is 10.7. The normalized spacial score (nSPS) is 11.8. The van der Waals surface area contributed by atoms with Gasteiger partial charge in [0.25, 0.3) is 0 Å². The van der Waals surface area contributed by atoms with Crippen molar-refractivity contribution in [1.82, 2.24) is 0 Å². The summed E-state index contributed by atoms with van der Waals surface area (Å²) in [5.74, 6) is 0. The Bertz CT molecular complexity index is 348. The maximum Gasteiger partial charge on any atom is 0.224 e. The molecule has 0 unspecified atom stereocenters. The molecule has 0 saturated heterocycles. The van der Waals surface area contributed by atoms with Gasteiger partial charge in [0, 0.05) is 11.6 Å². The van der Waals surface area contributed by atoms with E-state index in [9.17, 15) is 0 Å². The molecule has 0 amide bonds. The number of hydrogen-bond donors (Lipinski definition) is 0. The van der Waals surface area contributed by atoms with Gasteiger partial charge in [0.2, 0.25) is 8.32 Å². The molecule has 1 aromatic rings. The van der Waals surface area contributed by atoms with E-state index in [0.717, 1.165) is 18.1 Å². The fourth-order valence-electron chi connectivity index (χ4n) is 2.52. The zero-order valence-electron chi connectivity index (χ0n) is 11.8. The number of benzene rings is 1. The average Bonchev–Trinajstić information content (AvgIpc) is 2.36. The van der Waals surface area contributed by atoms with Gasteiger partial charge in [-0.2, -0.15) is 0 Å². The van der Waals surface area contributed by atoms with Gasteiger partial charge in [-0.1, -0.05) is 57.3 Å². The molecule has 1 aromatic carbocycles. The molecule has 0 heterocycles. The summed E-state index contributed by atoms with van der Waals surface area (Å²) in [6.07, 6.45) is 3.45. The Labute approximate surface area is 118 Å². The van der Waals surface area contributed by atoms with Gasteiger partial charge < -0.3 is 4.43 Å². The third-order valence-corrected chi connectivity index (χ3v) is 8.21. The van der Waals surface area contributed by atoms with E-state index < -0.39 is 8.32 Å². The van der Waals surface area contributed by atoms with Crippen LogP contribution >= 0.6 is 11.6 Å². The Morgan fingerprint density at radius 2 is 1.72 bits per heavy atom. The van der Waals surface area contributed by atoms with Gasteiger partial charge in [0.15, 0.2) is 0 Å². The highest BCUT2D eigenvalue weighted by Gasteiger charge is 2.35. The van der Waals surface area contributed by atoms with Crippen molar-refractivity contribution in [3.8, 4) is 0 Å². The molecule has 0 aliphatic rings. The van der Waals surface area contributed by atoms with E-state index in [4.69, 9.17) is 16.0 Å². The molecule has 1 nitrogen and oxygen atoms in total. The first-order chi connectivity index (χ1) is 8.68. The molecule has 0 radical (unpaired) electrons. The lowest BCUT2D eigenvalue weighted by molar-refractivity contribution is 0.305. The van der Waals surface area contributed by atoms with Crippen LogP contribution in [0.15, 0.2) is 24.3 Å². The molecule has 0 aliphatic heterocycles. The van der Waals surface area contributed by atoms with Gasteiger partial charge in [0.1, 0.15) is 0 Å². The Morgan fingerprint density at radius 3 is 2.22 bits per heavy atom. The van der Waals surface area contributed by atoms with Crippen molar-refractivity contribution in [2.24, 2.45) is 0 Å². The largest absolute Gasteiger partial charge is 0.412 e. The van der Waals surface area contributed by atoms with Gasteiger partial charge in [-0.15, -0.1) is 0 Å². The summed E-state index contributed by atoms with van der Waals surface area (Å²) in [6.45, 7) is 7.54. The molecular formula is C15H25ClOSi. The fourth-order valence-corrected chi connectivity index (χ4v) is 7.11. The van der Waals surface area contributed by atoms with Gasteiger partial charge in [-0.25, -0.2) is 0 Å². The first-order valence-electron chi connectivity index (χ1n) is 7.08. The van der Waals surface area contributed by atoms with E-state index in [1.165, 1.54) is 30.1 Å². The molecule has 0 spiro atoms. The van der Waals surface area contributed by atoms with E-state index in [1.54, 1.807) is 0 Å². The molecule has 0 saturated carbocycles. The maximum atomic E-state index is 6.38. The van der Waals surface area contributed by atoms with Crippen molar-refractivity contribution in [2.45, 2.75) is 52.1 Å². The summed E-state index contributed by atoms with van der Waals surface area (Å²) in [7, 11) is -1.81. The molecule has 0 N–H and O–H groups in total. The lowest BCUT2D eigenvalue weighted by Gasteiger charge is -2.31. The Hall–Kier alpha value is -0.313. The van der Waals surface area contributed by atoms with Crippen LogP contribution in [0.2, 0.25) is 17.1 Å². The van der Waals surface area contributed by atoms with Crippen molar-refractivity contribution in [1.29, 1.82) is 0 Å². The van der Waals surface area contributed by atoms with E-state index in [1.807, 2.05) is 6.07 Å². The zero-order valence-corrected chi connectivity index (χ0v) is 13.6. The van der Waals surface area contributed by atoms with E-state index in [0.29, 0.717) is 0 Å². The molecule has 0 aromatic heterocycles. The summed E-state index contributed by atoms with van der Waals surface area (Å²) in [5, 5.41) is 2.20. The monoisotopic (exact) mass is 284 g/mol. The van der Waals surface area contributed by atoms with E-state index >= 15 is 0 Å². The second-order valence-electron chi connectivity index (χ2n) is 4.85. The van der Waals surface area contributed by atoms with Crippen molar-refractivity contribution < 1.29 is 4.43 Å². The zero-order chi connectivity index (χ0) is 13.4. The molecule has 3 heteroatoms. The number of hydrogen-bond acceptors (Lipinski definition) is 1. The van der Waals surface area contributed by atoms with Crippen LogP contribution in [-0.2, 0) is 4.43 Å². The highest BCUT2D eigenvalue weighted by molar-refractivity contribution is 6.86. The minimum Gasteiger partial charge on any atom is -0.412 e. The standard InChI is InChI=1S/C15H25ClOSi/c1-4-10-17-18(11-5-2,12-6-3)15-9-7-8-14(16)13-15/h7-9,13H,4-6,10-12H2,1-3H3. The predicted octanol–water partition coefficient (Wildman–Crippen LogP) is 4.74. The topological polar surface area (TPSA) is 9.23 Å².